The third kappa shape index (κ3) is 3.13. The van der Waals surface area contributed by atoms with Crippen LogP contribution in [0.5, 0.6) is 0 Å². The molecular formula is C8H9ClNO3P. The molecule has 0 heterocycles. The minimum atomic E-state index is -3.74. The Hall–Kier alpha value is -0.860. The van der Waals surface area contributed by atoms with E-state index in [1.807, 2.05) is 30.3 Å². The van der Waals surface area contributed by atoms with Gasteiger partial charge in [0.05, 0.1) is 10.9 Å². The van der Waals surface area contributed by atoms with Gasteiger partial charge < -0.3 is 0 Å². The van der Waals surface area contributed by atoms with E-state index in [4.69, 9.17) is 11.2 Å². The fraction of sp³-hybridized carbons (Fsp3) is 0.250. The molecule has 6 heteroatoms. The molecule has 76 valence electrons. The smallest absolute Gasteiger partial charge is 0.260 e. The molecule has 0 radical (unpaired) electrons. The Labute approximate surface area is 86.3 Å². The van der Waals surface area contributed by atoms with Gasteiger partial charge in [-0.25, -0.2) is 4.57 Å². The highest BCUT2D eigenvalue weighted by atomic mass is 35.7. The number of nitro groups is 1. The lowest BCUT2D eigenvalue weighted by atomic mass is 10.2. The van der Waals surface area contributed by atoms with E-state index in [0.717, 1.165) is 5.56 Å². The van der Waals surface area contributed by atoms with Crippen molar-refractivity contribution in [2.75, 3.05) is 6.16 Å². The normalized spacial score (nSPS) is 14.6. The summed E-state index contributed by atoms with van der Waals surface area (Å²) in [6, 6.07) is 9.12. The second-order valence-corrected chi connectivity index (χ2v) is 6.40. The monoisotopic (exact) mass is 233 g/mol. The zero-order valence-electron chi connectivity index (χ0n) is 7.30. The average molecular weight is 234 g/mol. The van der Waals surface area contributed by atoms with Crippen molar-refractivity contribution in [2.24, 2.45) is 0 Å². The van der Waals surface area contributed by atoms with Gasteiger partial charge in [0.1, 0.15) is 0 Å². The van der Waals surface area contributed by atoms with Gasteiger partial charge in [0.15, 0.2) is 0 Å². The maximum Gasteiger partial charge on any atom is 0.462 e. The minimum Gasteiger partial charge on any atom is -0.260 e. The van der Waals surface area contributed by atoms with E-state index in [0.29, 0.717) is 6.42 Å². The van der Waals surface area contributed by atoms with Crippen LogP contribution in [0.3, 0.4) is 0 Å². The Bertz CT molecular complexity index is 368. The summed E-state index contributed by atoms with van der Waals surface area (Å²) in [6.07, 6.45) is 0.258. The molecule has 4 nitrogen and oxygen atoms in total. The summed E-state index contributed by atoms with van der Waals surface area (Å²) in [7, 11) is 0. The molecule has 0 bridgehead atoms. The molecule has 0 saturated carbocycles. The molecule has 0 aromatic heterocycles. The van der Waals surface area contributed by atoms with Gasteiger partial charge in [-0.05, 0) is 12.0 Å². The summed E-state index contributed by atoms with van der Waals surface area (Å²) in [6.45, 7) is -3.74. The summed E-state index contributed by atoms with van der Waals surface area (Å²) in [5, 5.41) is 10.3. The standard InChI is InChI=1S/C8H9ClNO3P/c9-14(13,10(11)12)7-6-8-4-2-1-3-5-8/h1-5H,6-7H2. The molecule has 0 aliphatic rings. The van der Waals surface area contributed by atoms with Crippen LogP contribution in [0.1, 0.15) is 5.56 Å². The Morgan fingerprint density at radius 2 is 1.93 bits per heavy atom. The van der Waals surface area contributed by atoms with Gasteiger partial charge in [-0.3, -0.25) is 10.1 Å². The summed E-state index contributed by atoms with van der Waals surface area (Å²) < 4.78 is 10.3. The van der Waals surface area contributed by atoms with Crippen molar-refractivity contribution < 1.29 is 9.26 Å². The quantitative estimate of drug-likeness (QED) is 0.456. The highest BCUT2D eigenvalue weighted by Gasteiger charge is 2.31. The number of rotatable bonds is 4. The molecule has 1 aromatic carbocycles. The highest BCUT2D eigenvalue weighted by molar-refractivity contribution is 7.84. The van der Waals surface area contributed by atoms with Crippen molar-refractivity contribution >= 4 is 17.9 Å². The van der Waals surface area contributed by atoms with E-state index in [-0.39, 0.29) is 6.16 Å². The zero-order chi connectivity index (χ0) is 10.6. The average Bonchev–Trinajstić information content (AvgIpc) is 2.16. The molecule has 1 atom stereocenters. The first kappa shape index (κ1) is 11.2. The van der Waals surface area contributed by atoms with Gasteiger partial charge in [0.2, 0.25) is 0 Å². The maximum absolute atomic E-state index is 11.2. The van der Waals surface area contributed by atoms with Gasteiger partial charge in [-0.2, -0.15) is 0 Å². The number of benzene rings is 1. The van der Waals surface area contributed by atoms with E-state index in [2.05, 4.69) is 0 Å². The molecule has 0 fully saturated rings. The number of hydrogen-bond donors (Lipinski definition) is 0. The molecule has 0 N–H and O–H groups in total. The van der Waals surface area contributed by atoms with Crippen LogP contribution in [-0.4, -0.2) is 10.9 Å². The fourth-order valence-electron chi connectivity index (χ4n) is 0.993. The van der Waals surface area contributed by atoms with Gasteiger partial charge in [0, 0.05) is 11.2 Å². The topological polar surface area (TPSA) is 60.2 Å². The molecule has 0 spiro atoms. The van der Waals surface area contributed by atoms with Crippen molar-refractivity contribution in [3.05, 3.63) is 46.0 Å². The number of halogens is 1. The lowest BCUT2D eigenvalue weighted by molar-refractivity contribution is -0.309. The molecule has 1 rings (SSSR count). The first-order valence-electron chi connectivity index (χ1n) is 4.00. The predicted octanol–water partition coefficient (Wildman–Crippen LogP) is 2.94. The maximum atomic E-state index is 11.2. The molecule has 0 saturated heterocycles. The summed E-state index contributed by atoms with van der Waals surface area (Å²) in [4.78, 5) is 10.3. The molecule has 1 unspecified atom stereocenters. The van der Waals surface area contributed by atoms with Crippen molar-refractivity contribution in [1.29, 1.82) is 0 Å². The summed E-state index contributed by atoms with van der Waals surface area (Å²) in [5.41, 5.74) is 0.898. The van der Waals surface area contributed by atoms with Crippen molar-refractivity contribution in [3.8, 4) is 0 Å². The lowest BCUT2D eigenvalue weighted by Gasteiger charge is -2.01. The zero-order valence-corrected chi connectivity index (χ0v) is 8.95. The van der Waals surface area contributed by atoms with E-state index < -0.39 is 11.3 Å². The SMILES string of the molecule is O=[N+]([O-])P(=O)(Cl)CCc1ccccc1. The second kappa shape index (κ2) is 4.58. The van der Waals surface area contributed by atoms with Crippen LogP contribution >= 0.6 is 17.9 Å². The predicted molar refractivity (Wildman–Crippen MR) is 55.5 cm³/mol. The molecular weight excluding hydrogens is 225 g/mol. The van der Waals surface area contributed by atoms with Crippen LogP contribution in [0.15, 0.2) is 30.3 Å². The number of hydrogen-bond acceptors (Lipinski definition) is 3. The molecule has 0 aliphatic heterocycles. The van der Waals surface area contributed by atoms with Crippen LogP contribution in [0.2, 0.25) is 0 Å². The largest absolute Gasteiger partial charge is 0.462 e. The van der Waals surface area contributed by atoms with Gasteiger partial charge in [0.25, 0.3) is 0 Å². The van der Waals surface area contributed by atoms with Crippen molar-refractivity contribution in [3.63, 3.8) is 0 Å². The van der Waals surface area contributed by atoms with Gasteiger partial charge in [-0.1, -0.05) is 30.3 Å². The van der Waals surface area contributed by atoms with Crippen molar-refractivity contribution in [1.82, 2.24) is 0 Å². The highest BCUT2D eigenvalue weighted by Crippen LogP contribution is 2.51. The van der Waals surface area contributed by atoms with E-state index in [1.54, 1.807) is 0 Å². The number of nitrogens with zero attached hydrogens (tertiary/aromatic N) is 1. The fourth-order valence-corrected chi connectivity index (χ4v) is 1.94. The first-order chi connectivity index (χ1) is 6.52. The van der Waals surface area contributed by atoms with Gasteiger partial charge >= 0.3 is 6.65 Å². The van der Waals surface area contributed by atoms with E-state index in [9.17, 15) is 14.7 Å². The summed E-state index contributed by atoms with van der Waals surface area (Å²) >= 11 is 5.28. The molecule has 1 aromatic rings. The van der Waals surface area contributed by atoms with E-state index >= 15 is 0 Å². The van der Waals surface area contributed by atoms with Crippen LogP contribution in [0, 0.1) is 10.1 Å². The number of aryl methyl sites for hydroxylation is 1. The second-order valence-electron chi connectivity index (χ2n) is 2.81. The third-order valence-corrected chi connectivity index (χ3v) is 3.90. The van der Waals surface area contributed by atoms with Crippen LogP contribution < -0.4 is 0 Å². The molecule has 14 heavy (non-hydrogen) atoms. The van der Waals surface area contributed by atoms with E-state index in [1.165, 1.54) is 0 Å². The third-order valence-electron chi connectivity index (χ3n) is 1.76. The van der Waals surface area contributed by atoms with Crippen LogP contribution in [-0.2, 0) is 11.0 Å². The Morgan fingerprint density at radius 3 is 2.43 bits per heavy atom. The minimum absolute atomic E-state index is 0.106. The first-order valence-corrected chi connectivity index (χ1v) is 6.75. The van der Waals surface area contributed by atoms with Crippen LogP contribution in [0.25, 0.3) is 0 Å². The molecule has 0 aliphatic carbocycles. The molecule has 0 amide bonds. The van der Waals surface area contributed by atoms with Crippen molar-refractivity contribution in [2.45, 2.75) is 6.42 Å². The summed E-state index contributed by atoms with van der Waals surface area (Å²) in [5.74, 6) is 0. The van der Waals surface area contributed by atoms with Crippen LogP contribution in [0.4, 0.5) is 0 Å². The Balaban J connectivity index is 2.58. The lowest BCUT2D eigenvalue weighted by Crippen LogP contribution is -1.98. The Morgan fingerprint density at radius 1 is 1.36 bits per heavy atom. The Kier molecular flexibility index (Phi) is 3.67. The van der Waals surface area contributed by atoms with Gasteiger partial charge in [-0.15, -0.1) is 0 Å².